The Kier molecular flexibility index (Phi) is 5.28. The lowest BCUT2D eigenvalue weighted by molar-refractivity contribution is 0.473. The fourth-order valence-electron chi connectivity index (χ4n) is 2.65. The quantitative estimate of drug-likeness (QED) is 0.727. The topological polar surface area (TPSA) is 32.3 Å². The second kappa shape index (κ2) is 7.18. The number of nitrogens with one attached hydrogen (secondary N) is 1. The Morgan fingerprint density at radius 3 is 2.55 bits per heavy atom. The van der Waals surface area contributed by atoms with Crippen molar-refractivity contribution >= 4 is 16.5 Å². The lowest BCUT2D eigenvalue weighted by Crippen LogP contribution is -2.13. The Morgan fingerprint density at radius 1 is 1.05 bits per heavy atom. The summed E-state index contributed by atoms with van der Waals surface area (Å²) in [5.41, 5.74) is 1.12. The molecule has 2 rings (SSSR count). The molecule has 0 aliphatic heterocycles. The van der Waals surface area contributed by atoms with Crippen LogP contribution in [0.4, 0.5) is 5.69 Å². The molecule has 1 atom stereocenters. The largest absolute Gasteiger partial charge is 0.507 e. The predicted molar refractivity (Wildman–Crippen MR) is 87.4 cm³/mol. The van der Waals surface area contributed by atoms with E-state index in [9.17, 15) is 5.11 Å². The average Bonchev–Trinajstić information content (AvgIpc) is 2.48. The van der Waals surface area contributed by atoms with Crippen molar-refractivity contribution in [2.75, 3.05) is 11.9 Å². The zero-order chi connectivity index (χ0) is 14.4. The van der Waals surface area contributed by atoms with Crippen molar-refractivity contribution in [1.29, 1.82) is 0 Å². The number of fused-ring (bicyclic) bond motifs is 1. The van der Waals surface area contributed by atoms with Gasteiger partial charge in [0, 0.05) is 23.0 Å². The van der Waals surface area contributed by atoms with E-state index in [1.807, 2.05) is 18.2 Å². The van der Waals surface area contributed by atoms with Gasteiger partial charge in [-0.3, -0.25) is 0 Å². The summed E-state index contributed by atoms with van der Waals surface area (Å²) in [6.45, 7) is 5.51. The van der Waals surface area contributed by atoms with E-state index in [1.165, 1.54) is 25.7 Å². The highest BCUT2D eigenvalue weighted by Crippen LogP contribution is 2.30. The standard InChI is InChI=1S/C18H25NO/c1-3-5-8-14(4-2)13-19-17-11-6-10-16-15(17)9-7-12-18(16)20/h6-7,9-12,14,19-20H,3-5,8,13H2,1-2H3. The fourth-order valence-corrected chi connectivity index (χ4v) is 2.65. The Balaban J connectivity index is 2.11. The third-order valence-electron chi connectivity index (χ3n) is 4.02. The van der Waals surface area contributed by atoms with Crippen LogP contribution in [0.1, 0.15) is 39.5 Å². The summed E-state index contributed by atoms with van der Waals surface area (Å²) >= 11 is 0. The van der Waals surface area contributed by atoms with E-state index in [0.717, 1.165) is 28.9 Å². The highest BCUT2D eigenvalue weighted by Gasteiger charge is 2.08. The number of anilines is 1. The molecule has 0 aliphatic carbocycles. The summed E-state index contributed by atoms with van der Waals surface area (Å²) in [5.74, 6) is 1.08. The first-order valence-electron chi connectivity index (χ1n) is 7.70. The summed E-state index contributed by atoms with van der Waals surface area (Å²) in [4.78, 5) is 0. The van der Waals surface area contributed by atoms with Crippen LogP contribution in [-0.4, -0.2) is 11.7 Å². The normalized spacial score (nSPS) is 12.5. The summed E-state index contributed by atoms with van der Waals surface area (Å²) in [7, 11) is 0. The van der Waals surface area contributed by atoms with Crippen LogP contribution >= 0.6 is 0 Å². The number of unbranched alkanes of at least 4 members (excludes halogenated alkanes) is 1. The van der Waals surface area contributed by atoms with Gasteiger partial charge >= 0.3 is 0 Å². The molecule has 0 saturated carbocycles. The van der Waals surface area contributed by atoms with Crippen LogP contribution in [0.5, 0.6) is 5.75 Å². The molecule has 2 aromatic carbocycles. The molecular weight excluding hydrogens is 246 g/mol. The van der Waals surface area contributed by atoms with Crippen molar-refractivity contribution in [1.82, 2.24) is 0 Å². The number of aromatic hydroxyl groups is 1. The molecule has 0 fully saturated rings. The van der Waals surface area contributed by atoms with E-state index in [1.54, 1.807) is 6.07 Å². The van der Waals surface area contributed by atoms with E-state index in [-0.39, 0.29) is 0 Å². The maximum atomic E-state index is 9.91. The van der Waals surface area contributed by atoms with E-state index in [0.29, 0.717) is 5.75 Å². The number of rotatable bonds is 7. The molecule has 0 amide bonds. The lowest BCUT2D eigenvalue weighted by Gasteiger charge is -2.17. The van der Waals surface area contributed by atoms with Crippen LogP contribution in [0.2, 0.25) is 0 Å². The van der Waals surface area contributed by atoms with Crippen LogP contribution in [0.25, 0.3) is 10.8 Å². The van der Waals surface area contributed by atoms with Gasteiger partial charge in [0.05, 0.1) is 0 Å². The highest BCUT2D eigenvalue weighted by molar-refractivity contribution is 5.97. The average molecular weight is 271 g/mol. The first kappa shape index (κ1) is 14.7. The van der Waals surface area contributed by atoms with E-state index in [2.05, 4.69) is 31.3 Å². The molecule has 1 unspecified atom stereocenters. The van der Waals surface area contributed by atoms with Gasteiger partial charge in [0.15, 0.2) is 0 Å². The van der Waals surface area contributed by atoms with Crippen molar-refractivity contribution < 1.29 is 5.11 Å². The van der Waals surface area contributed by atoms with Crippen molar-refractivity contribution in [3.8, 4) is 5.75 Å². The minimum atomic E-state index is 0.351. The van der Waals surface area contributed by atoms with Crippen LogP contribution in [0.15, 0.2) is 36.4 Å². The first-order valence-corrected chi connectivity index (χ1v) is 7.70. The zero-order valence-corrected chi connectivity index (χ0v) is 12.5. The van der Waals surface area contributed by atoms with Gasteiger partial charge in [-0.1, -0.05) is 57.4 Å². The molecule has 0 aliphatic rings. The fraction of sp³-hybridized carbons (Fsp3) is 0.444. The zero-order valence-electron chi connectivity index (χ0n) is 12.5. The minimum absolute atomic E-state index is 0.351. The number of benzene rings is 2. The van der Waals surface area contributed by atoms with Crippen LogP contribution in [-0.2, 0) is 0 Å². The molecule has 108 valence electrons. The first-order chi connectivity index (χ1) is 9.76. The van der Waals surface area contributed by atoms with Crippen LogP contribution in [0, 0.1) is 5.92 Å². The molecular formula is C18H25NO. The third kappa shape index (κ3) is 3.44. The number of hydrogen-bond donors (Lipinski definition) is 2. The maximum absolute atomic E-state index is 9.91. The van der Waals surface area contributed by atoms with E-state index >= 15 is 0 Å². The molecule has 2 aromatic rings. The summed E-state index contributed by atoms with van der Waals surface area (Å²) in [6.07, 6.45) is 5.06. The van der Waals surface area contributed by atoms with E-state index < -0.39 is 0 Å². The Hall–Kier alpha value is -1.70. The molecule has 0 heterocycles. The van der Waals surface area contributed by atoms with Crippen LogP contribution in [0.3, 0.4) is 0 Å². The van der Waals surface area contributed by atoms with Crippen molar-refractivity contribution in [2.24, 2.45) is 5.92 Å². The Bertz CT molecular complexity index is 550. The molecule has 0 radical (unpaired) electrons. The van der Waals surface area contributed by atoms with Crippen LogP contribution < -0.4 is 5.32 Å². The van der Waals surface area contributed by atoms with Gasteiger partial charge in [-0.15, -0.1) is 0 Å². The summed E-state index contributed by atoms with van der Waals surface area (Å²) < 4.78 is 0. The summed E-state index contributed by atoms with van der Waals surface area (Å²) in [6, 6.07) is 11.7. The lowest BCUT2D eigenvalue weighted by atomic mass is 9.99. The van der Waals surface area contributed by atoms with Gasteiger partial charge in [-0.25, -0.2) is 0 Å². The highest BCUT2D eigenvalue weighted by atomic mass is 16.3. The summed E-state index contributed by atoms with van der Waals surface area (Å²) in [5, 5.41) is 15.5. The molecule has 0 saturated heterocycles. The van der Waals surface area contributed by atoms with Gasteiger partial charge in [0.2, 0.25) is 0 Å². The SMILES string of the molecule is CCCCC(CC)CNc1cccc2c(O)cccc12. The van der Waals surface area contributed by atoms with E-state index in [4.69, 9.17) is 0 Å². The molecule has 2 N–H and O–H groups in total. The van der Waals surface area contributed by atoms with Gasteiger partial charge in [0.25, 0.3) is 0 Å². The van der Waals surface area contributed by atoms with Gasteiger partial charge in [0.1, 0.15) is 5.75 Å². The molecule has 2 nitrogen and oxygen atoms in total. The maximum Gasteiger partial charge on any atom is 0.123 e. The van der Waals surface area contributed by atoms with Crippen molar-refractivity contribution in [3.63, 3.8) is 0 Å². The number of hydrogen-bond acceptors (Lipinski definition) is 2. The minimum Gasteiger partial charge on any atom is -0.507 e. The number of phenolic OH excluding ortho intramolecular Hbond substituents is 1. The molecule has 2 heteroatoms. The monoisotopic (exact) mass is 271 g/mol. The van der Waals surface area contributed by atoms with Gasteiger partial charge < -0.3 is 10.4 Å². The second-order valence-electron chi connectivity index (χ2n) is 5.48. The second-order valence-corrected chi connectivity index (χ2v) is 5.48. The third-order valence-corrected chi connectivity index (χ3v) is 4.02. The molecule has 0 bridgehead atoms. The Morgan fingerprint density at radius 2 is 1.80 bits per heavy atom. The van der Waals surface area contributed by atoms with Gasteiger partial charge in [-0.05, 0) is 24.5 Å². The predicted octanol–water partition coefficient (Wildman–Crippen LogP) is 5.17. The smallest absolute Gasteiger partial charge is 0.123 e. The van der Waals surface area contributed by atoms with Crippen molar-refractivity contribution in [2.45, 2.75) is 39.5 Å². The molecule has 20 heavy (non-hydrogen) atoms. The number of phenols is 1. The van der Waals surface area contributed by atoms with Gasteiger partial charge in [-0.2, -0.15) is 0 Å². The Labute approximate surface area is 121 Å². The molecule has 0 aromatic heterocycles. The van der Waals surface area contributed by atoms with Crippen molar-refractivity contribution in [3.05, 3.63) is 36.4 Å². The molecule has 0 spiro atoms.